The fraction of sp³-hybridized carbons (Fsp3) is 0.129. The second-order valence-electron chi connectivity index (χ2n) is 18.4. The predicted molar refractivity (Wildman–Crippen MR) is 262 cm³/mol. The summed E-state index contributed by atoms with van der Waals surface area (Å²) in [6.07, 6.45) is 13.3. The summed E-state index contributed by atoms with van der Waals surface area (Å²) in [5.41, 5.74) is 19.1. The average molecular weight is 836 g/mol. The van der Waals surface area contributed by atoms with Crippen molar-refractivity contribution in [3.63, 3.8) is 0 Å². The summed E-state index contributed by atoms with van der Waals surface area (Å²) in [4.78, 5) is 2.50. The van der Waals surface area contributed by atoms with E-state index in [4.69, 9.17) is 9.47 Å². The predicted octanol–water partition coefficient (Wildman–Crippen LogP) is 15.2. The molecule has 2 spiro atoms. The van der Waals surface area contributed by atoms with Gasteiger partial charge in [-0.2, -0.15) is 0 Å². The first kappa shape index (κ1) is 36.8. The van der Waals surface area contributed by atoms with E-state index >= 15 is 0 Å². The van der Waals surface area contributed by atoms with E-state index in [1.54, 1.807) is 0 Å². The summed E-state index contributed by atoms with van der Waals surface area (Å²) in [5, 5.41) is 0. The van der Waals surface area contributed by atoms with Gasteiger partial charge in [0.25, 0.3) is 0 Å². The van der Waals surface area contributed by atoms with E-state index in [1.807, 2.05) is 0 Å². The lowest BCUT2D eigenvalue weighted by atomic mass is 9.59. The molecule has 14 rings (SSSR count). The molecule has 310 valence electrons. The first-order valence-electron chi connectivity index (χ1n) is 23.3. The summed E-state index contributed by atoms with van der Waals surface area (Å²) in [6, 6.07) is 70.1. The highest BCUT2D eigenvalue weighted by molar-refractivity contribution is 5.92. The first-order valence-corrected chi connectivity index (χ1v) is 23.3. The third kappa shape index (κ3) is 5.01. The van der Waals surface area contributed by atoms with Crippen LogP contribution in [0.2, 0.25) is 0 Å². The van der Waals surface area contributed by atoms with Gasteiger partial charge in [-0.25, -0.2) is 0 Å². The van der Waals surface area contributed by atoms with Crippen LogP contribution in [0.3, 0.4) is 0 Å². The van der Waals surface area contributed by atoms with Crippen LogP contribution < -0.4 is 14.4 Å². The third-order valence-corrected chi connectivity index (χ3v) is 15.4. The van der Waals surface area contributed by atoms with E-state index in [0.717, 1.165) is 60.0 Å². The Balaban J connectivity index is 1.03. The Morgan fingerprint density at radius 2 is 1.06 bits per heavy atom. The van der Waals surface area contributed by atoms with Gasteiger partial charge in [0.2, 0.25) is 0 Å². The number of allylic oxidation sites excluding steroid dienone is 4. The Labute approximate surface area is 380 Å². The molecule has 2 heterocycles. The smallest absolute Gasteiger partial charge is 0.132 e. The molecule has 0 saturated heterocycles. The van der Waals surface area contributed by atoms with Gasteiger partial charge in [-0.15, -0.1) is 0 Å². The molecule has 0 saturated carbocycles. The van der Waals surface area contributed by atoms with Crippen molar-refractivity contribution >= 4 is 17.1 Å². The van der Waals surface area contributed by atoms with Crippen LogP contribution in [-0.2, 0) is 10.8 Å². The first-order chi connectivity index (χ1) is 32.2. The summed E-state index contributed by atoms with van der Waals surface area (Å²) >= 11 is 0. The minimum atomic E-state index is -0.502. The zero-order valence-electron chi connectivity index (χ0n) is 36.0. The molecule has 6 aliphatic rings. The van der Waals surface area contributed by atoms with E-state index in [1.165, 1.54) is 72.3 Å². The number of benzene rings is 8. The lowest BCUT2D eigenvalue weighted by Gasteiger charge is -2.48. The highest BCUT2D eigenvalue weighted by Crippen LogP contribution is 2.65. The second kappa shape index (κ2) is 13.9. The van der Waals surface area contributed by atoms with Crippen LogP contribution in [0, 0.1) is 5.92 Å². The molecule has 4 atom stereocenters. The topological polar surface area (TPSA) is 21.7 Å². The van der Waals surface area contributed by atoms with Crippen molar-refractivity contribution in [1.29, 1.82) is 0 Å². The molecule has 2 aliphatic heterocycles. The third-order valence-electron chi connectivity index (χ3n) is 15.4. The van der Waals surface area contributed by atoms with Crippen LogP contribution in [0.25, 0.3) is 33.4 Å². The van der Waals surface area contributed by atoms with E-state index < -0.39 is 10.8 Å². The van der Waals surface area contributed by atoms with Crippen molar-refractivity contribution in [2.24, 2.45) is 5.92 Å². The summed E-state index contributed by atoms with van der Waals surface area (Å²) in [5.74, 6) is 3.04. The van der Waals surface area contributed by atoms with Gasteiger partial charge in [0.05, 0.1) is 10.8 Å². The van der Waals surface area contributed by atoms with Crippen LogP contribution in [0.4, 0.5) is 17.1 Å². The van der Waals surface area contributed by atoms with Gasteiger partial charge >= 0.3 is 0 Å². The molecular formula is C62H45NO2. The molecule has 4 unspecified atom stereocenters. The number of para-hydroxylation sites is 2. The van der Waals surface area contributed by atoms with Gasteiger partial charge in [0.15, 0.2) is 0 Å². The Bertz CT molecular complexity index is 3360. The van der Waals surface area contributed by atoms with E-state index in [0.29, 0.717) is 0 Å². The standard InChI is InChI=1S/C62H45NO2/c1-2-16-40(17-3-1)41-30-32-42(33-31-41)63(43-34-36-47-45-18-4-6-20-49(45)61(55(47)38-43)51-22-8-12-26-57(51)64-58-27-13-9-23-52(58)61)44-35-37-48-46-19-5-7-21-50(46)62(56(48)39-44)53-24-10-14-28-59(53)65-60-29-15-11-25-54(60)62/h1-10,12,14-24,26,28-39,52,58H,11,13,25,27H2. The van der Waals surface area contributed by atoms with Gasteiger partial charge in [0.1, 0.15) is 23.4 Å². The monoisotopic (exact) mass is 835 g/mol. The highest BCUT2D eigenvalue weighted by Gasteiger charge is 2.57. The zero-order valence-corrected chi connectivity index (χ0v) is 36.0. The lowest BCUT2D eigenvalue weighted by Crippen LogP contribution is -2.48. The molecule has 4 aliphatic carbocycles. The Morgan fingerprint density at radius 1 is 0.462 bits per heavy atom. The molecule has 3 heteroatoms. The van der Waals surface area contributed by atoms with E-state index in [9.17, 15) is 0 Å². The Morgan fingerprint density at radius 3 is 1.86 bits per heavy atom. The van der Waals surface area contributed by atoms with Crippen LogP contribution in [-0.4, -0.2) is 6.10 Å². The van der Waals surface area contributed by atoms with Crippen molar-refractivity contribution in [3.8, 4) is 44.9 Å². The maximum Gasteiger partial charge on any atom is 0.132 e. The van der Waals surface area contributed by atoms with Crippen molar-refractivity contribution in [1.82, 2.24) is 0 Å². The molecule has 8 aromatic carbocycles. The fourth-order valence-corrected chi connectivity index (χ4v) is 12.8. The number of rotatable bonds is 4. The summed E-state index contributed by atoms with van der Waals surface area (Å²) in [7, 11) is 0. The van der Waals surface area contributed by atoms with Crippen molar-refractivity contribution in [3.05, 3.63) is 257 Å². The highest BCUT2D eigenvalue weighted by atomic mass is 16.5. The van der Waals surface area contributed by atoms with E-state index in [2.05, 4.69) is 217 Å². The molecule has 8 aromatic rings. The number of hydrogen-bond donors (Lipinski definition) is 0. The second-order valence-corrected chi connectivity index (χ2v) is 18.4. The van der Waals surface area contributed by atoms with E-state index in [-0.39, 0.29) is 12.0 Å². The number of anilines is 3. The van der Waals surface area contributed by atoms with Crippen LogP contribution in [0.5, 0.6) is 11.5 Å². The van der Waals surface area contributed by atoms with Crippen molar-refractivity contribution in [2.75, 3.05) is 4.90 Å². The molecule has 0 N–H and O–H groups in total. The van der Waals surface area contributed by atoms with Gasteiger partial charge in [0, 0.05) is 34.1 Å². The number of fused-ring (bicyclic) bond motifs is 17. The zero-order chi connectivity index (χ0) is 42.7. The largest absolute Gasteiger partial charge is 0.489 e. The quantitative estimate of drug-likeness (QED) is 0.165. The molecule has 65 heavy (non-hydrogen) atoms. The Kier molecular flexibility index (Phi) is 7.90. The van der Waals surface area contributed by atoms with Crippen molar-refractivity contribution < 1.29 is 9.47 Å². The SMILES string of the molecule is C1=CC2=C(CC1)C1(c3ccccc3O2)c2ccccc2-c2ccc(N(c3ccc(-c4ccccc4)cc3)c3ccc4c(c3)C3(c5ccccc5OC5CCC=CC53)c3ccccc3-4)cc21. The Hall–Kier alpha value is -7.62. The fourth-order valence-electron chi connectivity index (χ4n) is 12.8. The van der Waals surface area contributed by atoms with Gasteiger partial charge in [-0.05, 0) is 141 Å². The molecule has 0 radical (unpaired) electrons. The average Bonchev–Trinajstić information content (AvgIpc) is 3.82. The summed E-state index contributed by atoms with van der Waals surface area (Å²) < 4.78 is 13.7. The van der Waals surface area contributed by atoms with Crippen molar-refractivity contribution in [2.45, 2.75) is 42.6 Å². The van der Waals surface area contributed by atoms with Gasteiger partial charge in [-0.1, -0.05) is 158 Å². The number of nitrogens with zero attached hydrogens (tertiary/aromatic N) is 1. The molecule has 0 bridgehead atoms. The van der Waals surface area contributed by atoms with Gasteiger partial charge < -0.3 is 14.4 Å². The lowest BCUT2D eigenvalue weighted by molar-refractivity contribution is 0.0914. The molecule has 3 nitrogen and oxygen atoms in total. The molecule has 0 amide bonds. The molecule has 0 aromatic heterocycles. The minimum Gasteiger partial charge on any atom is -0.489 e. The number of ether oxygens (including phenoxy) is 2. The minimum absolute atomic E-state index is 0.0740. The molecular weight excluding hydrogens is 791 g/mol. The van der Waals surface area contributed by atoms with Gasteiger partial charge in [-0.3, -0.25) is 0 Å². The van der Waals surface area contributed by atoms with Crippen LogP contribution in [0.15, 0.2) is 224 Å². The maximum absolute atomic E-state index is 6.92. The van der Waals surface area contributed by atoms with Crippen LogP contribution >= 0.6 is 0 Å². The normalized spacial score (nSPS) is 22.1. The summed E-state index contributed by atoms with van der Waals surface area (Å²) in [6.45, 7) is 0. The van der Waals surface area contributed by atoms with Crippen LogP contribution in [0.1, 0.15) is 59.1 Å². The number of hydrogen-bond acceptors (Lipinski definition) is 3. The maximum atomic E-state index is 6.92. The molecule has 0 fully saturated rings.